The second-order valence-corrected chi connectivity index (χ2v) is 4.39. The molecule has 0 aliphatic carbocycles. The van der Waals surface area contributed by atoms with E-state index in [1.807, 2.05) is 0 Å². The smallest absolute Gasteiger partial charge is 0.347 e. The van der Waals surface area contributed by atoms with E-state index in [1.165, 1.54) is 11.1 Å². The molecule has 1 fully saturated rings. The molecule has 0 bridgehead atoms. The Balaban J connectivity index is 2.22. The Morgan fingerprint density at radius 2 is 2.50 bits per heavy atom. The molecule has 1 atom stereocenters. The number of carboxylic acids is 1. The quantitative estimate of drug-likeness (QED) is 0.772. The standard InChI is InChI=1S/C10H8N2O3S/c1-2-6-3-8(13)12(5-6)10-11-4-7(16-10)9(14)15/h1,4,6H,3,5H2,(H,14,15). The van der Waals surface area contributed by atoms with Gasteiger partial charge < -0.3 is 5.11 Å². The van der Waals surface area contributed by atoms with Crippen molar-refractivity contribution in [3.63, 3.8) is 0 Å². The van der Waals surface area contributed by atoms with Gasteiger partial charge >= 0.3 is 5.97 Å². The van der Waals surface area contributed by atoms with Crippen molar-refractivity contribution in [1.82, 2.24) is 4.98 Å². The Hall–Kier alpha value is -1.87. The van der Waals surface area contributed by atoms with Gasteiger partial charge in [-0.15, -0.1) is 12.3 Å². The van der Waals surface area contributed by atoms with Crippen LogP contribution in [0.25, 0.3) is 0 Å². The Kier molecular flexibility index (Phi) is 2.62. The average molecular weight is 236 g/mol. The lowest BCUT2D eigenvalue weighted by molar-refractivity contribution is -0.117. The van der Waals surface area contributed by atoms with Crippen molar-refractivity contribution in [1.29, 1.82) is 0 Å². The zero-order valence-electron chi connectivity index (χ0n) is 8.21. The molecule has 0 saturated carbocycles. The fraction of sp³-hybridized carbons (Fsp3) is 0.300. The van der Waals surface area contributed by atoms with E-state index in [4.69, 9.17) is 11.5 Å². The molecule has 6 heteroatoms. The van der Waals surface area contributed by atoms with E-state index in [-0.39, 0.29) is 16.7 Å². The van der Waals surface area contributed by atoms with E-state index in [9.17, 15) is 9.59 Å². The normalized spacial score (nSPS) is 19.8. The van der Waals surface area contributed by atoms with Crippen molar-refractivity contribution in [3.8, 4) is 12.3 Å². The molecule has 1 amide bonds. The molecular formula is C10H8N2O3S. The molecule has 2 rings (SSSR count). The summed E-state index contributed by atoms with van der Waals surface area (Å²) in [6.07, 6.45) is 6.80. The summed E-state index contributed by atoms with van der Waals surface area (Å²) in [7, 11) is 0. The van der Waals surface area contributed by atoms with Gasteiger partial charge in [-0.3, -0.25) is 9.69 Å². The van der Waals surface area contributed by atoms with Gasteiger partial charge in [-0.1, -0.05) is 11.3 Å². The summed E-state index contributed by atoms with van der Waals surface area (Å²) < 4.78 is 0. The van der Waals surface area contributed by atoms with Crippen LogP contribution in [0.3, 0.4) is 0 Å². The first-order valence-electron chi connectivity index (χ1n) is 4.57. The Labute approximate surface area is 95.7 Å². The van der Waals surface area contributed by atoms with Crippen LogP contribution in [0.15, 0.2) is 6.20 Å². The zero-order chi connectivity index (χ0) is 11.7. The average Bonchev–Trinajstić information content (AvgIpc) is 2.83. The number of aromatic carboxylic acids is 1. The van der Waals surface area contributed by atoms with Crippen molar-refractivity contribution >= 4 is 28.3 Å². The third-order valence-electron chi connectivity index (χ3n) is 2.30. The largest absolute Gasteiger partial charge is 0.477 e. The van der Waals surface area contributed by atoms with Gasteiger partial charge in [0.15, 0.2) is 5.13 Å². The monoisotopic (exact) mass is 236 g/mol. The van der Waals surface area contributed by atoms with Crippen molar-refractivity contribution in [2.45, 2.75) is 6.42 Å². The summed E-state index contributed by atoms with van der Waals surface area (Å²) in [4.78, 5) is 27.7. The summed E-state index contributed by atoms with van der Waals surface area (Å²) in [5.74, 6) is 1.27. The van der Waals surface area contributed by atoms with Crippen LogP contribution in [0.4, 0.5) is 5.13 Å². The summed E-state index contributed by atoms with van der Waals surface area (Å²) in [6, 6.07) is 0. The van der Waals surface area contributed by atoms with Gasteiger partial charge in [0.1, 0.15) is 4.88 Å². The molecule has 1 saturated heterocycles. The molecule has 1 aromatic heterocycles. The topological polar surface area (TPSA) is 70.5 Å². The highest BCUT2D eigenvalue weighted by molar-refractivity contribution is 7.17. The van der Waals surface area contributed by atoms with E-state index in [0.29, 0.717) is 18.1 Å². The zero-order valence-corrected chi connectivity index (χ0v) is 9.03. The highest BCUT2D eigenvalue weighted by Crippen LogP contribution is 2.28. The highest BCUT2D eigenvalue weighted by atomic mass is 32.1. The molecular weight excluding hydrogens is 228 g/mol. The maximum Gasteiger partial charge on any atom is 0.347 e. The molecule has 82 valence electrons. The van der Waals surface area contributed by atoms with E-state index >= 15 is 0 Å². The Morgan fingerprint density at radius 1 is 1.75 bits per heavy atom. The van der Waals surface area contributed by atoms with E-state index in [1.54, 1.807) is 0 Å². The SMILES string of the molecule is C#CC1CC(=O)N(c2ncc(C(=O)O)s2)C1. The predicted molar refractivity (Wildman–Crippen MR) is 58.4 cm³/mol. The number of hydrogen-bond acceptors (Lipinski definition) is 4. The van der Waals surface area contributed by atoms with E-state index in [0.717, 1.165) is 11.3 Å². The number of carbonyl (C=O) groups is 2. The number of carbonyl (C=O) groups excluding carboxylic acids is 1. The molecule has 1 aromatic rings. The minimum absolute atomic E-state index is 0.103. The van der Waals surface area contributed by atoms with Crippen LogP contribution in [-0.2, 0) is 4.79 Å². The molecule has 0 spiro atoms. The Morgan fingerprint density at radius 3 is 3.00 bits per heavy atom. The highest BCUT2D eigenvalue weighted by Gasteiger charge is 2.31. The summed E-state index contributed by atoms with van der Waals surface area (Å²) in [6.45, 7) is 0.419. The molecule has 0 radical (unpaired) electrons. The van der Waals surface area contributed by atoms with Crippen LogP contribution in [-0.4, -0.2) is 28.5 Å². The molecule has 16 heavy (non-hydrogen) atoms. The fourth-order valence-electron chi connectivity index (χ4n) is 1.49. The summed E-state index contributed by atoms with van der Waals surface area (Å²) in [5.41, 5.74) is 0. The second kappa shape index (κ2) is 3.94. The summed E-state index contributed by atoms with van der Waals surface area (Å²) in [5, 5.41) is 9.14. The molecule has 1 aliphatic rings. The number of anilines is 1. The molecule has 2 heterocycles. The van der Waals surface area contributed by atoms with Gasteiger partial charge in [0.25, 0.3) is 0 Å². The number of hydrogen-bond donors (Lipinski definition) is 1. The maximum atomic E-state index is 11.6. The third kappa shape index (κ3) is 1.77. The van der Waals surface area contributed by atoms with Gasteiger partial charge in [0.2, 0.25) is 5.91 Å². The lowest BCUT2D eigenvalue weighted by atomic mass is 10.1. The first-order valence-corrected chi connectivity index (χ1v) is 5.39. The van der Waals surface area contributed by atoms with Crippen LogP contribution < -0.4 is 4.90 Å². The minimum atomic E-state index is -1.04. The lowest BCUT2D eigenvalue weighted by Crippen LogP contribution is -2.24. The van der Waals surface area contributed by atoms with Crippen molar-refractivity contribution in [3.05, 3.63) is 11.1 Å². The van der Waals surface area contributed by atoms with Gasteiger partial charge in [0, 0.05) is 18.9 Å². The first kappa shape index (κ1) is 10.6. The second-order valence-electron chi connectivity index (χ2n) is 3.38. The van der Waals surface area contributed by atoms with Crippen LogP contribution >= 0.6 is 11.3 Å². The van der Waals surface area contributed by atoms with Crippen molar-refractivity contribution in [2.75, 3.05) is 11.4 Å². The molecule has 5 nitrogen and oxygen atoms in total. The van der Waals surface area contributed by atoms with Crippen LogP contribution in [0.1, 0.15) is 16.1 Å². The van der Waals surface area contributed by atoms with Crippen LogP contribution in [0, 0.1) is 18.3 Å². The summed E-state index contributed by atoms with van der Waals surface area (Å²) >= 11 is 0.980. The molecule has 1 N–H and O–H groups in total. The number of aromatic nitrogens is 1. The number of thiazole rings is 1. The van der Waals surface area contributed by atoms with Gasteiger partial charge in [-0.25, -0.2) is 9.78 Å². The van der Waals surface area contributed by atoms with Gasteiger partial charge in [-0.2, -0.15) is 0 Å². The van der Waals surface area contributed by atoms with E-state index in [2.05, 4.69) is 10.9 Å². The number of amides is 1. The number of nitrogens with zero attached hydrogens (tertiary/aromatic N) is 2. The van der Waals surface area contributed by atoms with Crippen LogP contribution in [0.5, 0.6) is 0 Å². The van der Waals surface area contributed by atoms with Gasteiger partial charge in [-0.05, 0) is 0 Å². The minimum Gasteiger partial charge on any atom is -0.477 e. The molecule has 0 aromatic carbocycles. The fourth-order valence-corrected chi connectivity index (χ4v) is 2.27. The maximum absolute atomic E-state index is 11.6. The van der Waals surface area contributed by atoms with Gasteiger partial charge in [0.05, 0.1) is 6.20 Å². The van der Waals surface area contributed by atoms with Crippen LogP contribution in [0.2, 0.25) is 0 Å². The molecule has 1 aliphatic heterocycles. The lowest BCUT2D eigenvalue weighted by Gasteiger charge is -2.10. The number of terminal acetylenes is 1. The number of rotatable bonds is 2. The first-order chi connectivity index (χ1) is 7.61. The Bertz CT molecular complexity index is 488. The van der Waals surface area contributed by atoms with E-state index < -0.39 is 5.97 Å². The molecule has 1 unspecified atom stereocenters. The van der Waals surface area contributed by atoms with Crippen molar-refractivity contribution in [2.24, 2.45) is 5.92 Å². The van der Waals surface area contributed by atoms with Crippen molar-refractivity contribution < 1.29 is 14.7 Å². The number of carboxylic acid groups (broad SMARTS) is 1. The third-order valence-corrected chi connectivity index (χ3v) is 3.30. The predicted octanol–water partition coefficient (Wildman–Crippen LogP) is 0.827.